The lowest BCUT2D eigenvalue weighted by Gasteiger charge is -2.11. The lowest BCUT2D eigenvalue weighted by Crippen LogP contribution is -2.04. The molecule has 0 unspecified atom stereocenters. The summed E-state index contributed by atoms with van der Waals surface area (Å²) in [6, 6.07) is 41.3. The van der Waals surface area contributed by atoms with E-state index in [1.807, 2.05) is 55.5 Å². The molecule has 0 saturated carbocycles. The second-order valence-corrected chi connectivity index (χ2v) is 9.48. The van der Waals surface area contributed by atoms with Gasteiger partial charge in [-0.25, -0.2) is 9.98 Å². The van der Waals surface area contributed by atoms with Crippen LogP contribution in [0.4, 0.5) is 0 Å². The third-order valence-electron chi connectivity index (χ3n) is 6.09. The van der Waals surface area contributed by atoms with Gasteiger partial charge < -0.3 is 0 Å². The molecule has 0 amide bonds. The Labute approximate surface area is 220 Å². The summed E-state index contributed by atoms with van der Waals surface area (Å²) < 4.78 is 1.04. The predicted molar refractivity (Wildman–Crippen MR) is 158 cm³/mol. The van der Waals surface area contributed by atoms with Crippen LogP contribution in [0.5, 0.6) is 0 Å². The van der Waals surface area contributed by atoms with Gasteiger partial charge in [0, 0.05) is 21.3 Å². The highest BCUT2D eigenvalue weighted by Crippen LogP contribution is 2.27. The lowest BCUT2D eigenvalue weighted by molar-refractivity contribution is 1.45. The van der Waals surface area contributed by atoms with Gasteiger partial charge in [0.25, 0.3) is 0 Å². The van der Waals surface area contributed by atoms with Crippen LogP contribution in [0, 0.1) is 0 Å². The van der Waals surface area contributed by atoms with Crippen LogP contribution in [-0.2, 0) is 0 Å². The fourth-order valence-corrected chi connectivity index (χ4v) is 4.63. The molecule has 5 aromatic carbocycles. The molecule has 174 valence electrons. The predicted octanol–water partition coefficient (Wildman–Crippen LogP) is 9.20. The third kappa shape index (κ3) is 5.27. The van der Waals surface area contributed by atoms with Crippen molar-refractivity contribution < 1.29 is 0 Å². The number of nitrogens with zero attached hydrogens (tertiary/aromatic N) is 2. The SMILES string of the molecule is C=C(N=C(N=C(C)c1ccccc1)c1cccc(-c2cccc(Br)c2)c1)c1cccc2ccccc12. The number of aliphatic imine (C=N–C) groups is 2. The molecule has 2 nitrogen and oxygen atoms in total. The quantitative estimate of drug-likeness (QED) is 0.160. The molecule has 0 atom stereocenters. The van der Waals surface area contributed by atoms with Crippen molar-refractivity contribution >= 4 is 43.9 Å². The number of hydrogen-bond donors (Lipinski definition) is 0. The Bertz CT molecular complexity index is 1610. The van der Waals surface area contributed by atoms with Crippen LogP contribution in [0.2, 0.25) is 0 Å². The van der Waals surface area contributed by atoms with Gasteiger partial charge in [0.2, 0.25) is 0 Å². The standard InChI is InChI=1S/C33H25BrN2/c1-23(25-11-4-3-5-12-25)35-33(29-17-8-15-27(21-29)28-16-9-18-30(34)22-28)36-24(2)31-20-10-14-26-13-6-7-19-32(26)31/h3-22H,2H2,1H3. The number of fused-ring (bicyclic) bond motifs is 1. The van der Waals surface area contributed by atoms with Crippen LogP contribution >= 0.6 is 15.9 Å². The van der Waals surface area contributed by atoms with Gasteiger partial charge in [-0.2, -0.15) is 0 Å². The average molecular weight is 529 g/mol. The number of amidine groups is 1. The molecule has 3 heteroatoms. The van der Waals surface area contributed by atoms with Crippen molar-refractivity contribution in [1.82, 2.24) is 0 Å². The van der Waals surface area contributed by atoms with E-state index in [0.29, 0.717) is 11.5 Å². The number of hydrogen-bond acceptors (Lipinski definition) is 1. The molecule has 0 saturated heterocycles. The van der Waals surface area contributed by atoms with Crippen molar-refractivity contribution in [3.63, 3.8) is 0 Å². The van der Waals surface area contributed by atoms with E-state index in [9.17, 15) is 0 Å². The first-order valence-electron chi connectivity index (χ1n) is 11.8. The Balaban J connectivity index is 1.63. The fraction of sp³-hybridized carbons (Fsp3) is 0.0303. The molecule has 0 fully saturated rings. The largest absolute Gasteiger partial charge is 0.233 e. The van der Waals surface area contributed by atoms with Crippen molar-refractivity contribution in [2.45, 2.75) is 6.92 Å². The molecule has 0 aliphatic rings. The van der Waals surface area contributed by atoms with Crippen LogP contribution in [0.15, 0.2) is 142 Å². The molecular formula is C33H25BrN2. The van der Waals surface area contributed by atoms with Crippen LogP contribution < -0.4 is 0 Å². The lowest BCUT2D eigenvalue weighted by atomic mass is 10.0. The van der Waals surface area contributed by atoms with Crippen LogP contribution in [-0.4, -0.2) is 11.5 Å². The Morgan fingerprint density at radius 2 is 1.28 bits per heavy atom. The molecule has 0 bridgehead atoms. The van der Waals surface area contributed by atoms with Gasteiger partial charge in [-0.1, -0.05) is 126 Å². The zero-order valence-corrected chi connectivity index (χ0v) is 21.6. The average Bonchev–Trinajstić information content (AvgIpc) is 2.93. The molecule has 0 N–H and O–H groups in total. The van der Waals surface area contributed by atoms with Crippen molar-refractivity contribution in [3.8, 4) is 11.1 Å². The summed E-state index contributed by atoms with van der Waals surface area (Å²) in [7, 11) is 0. The van der Waals surface area contributed by atoms with E-state index in [0.717, 1.165) is 48.8 Å². The van der Waals surface area contributed by atoms with Gasteiger partial charge in [0.15, 0.2) is 5.84 Å². The van der Waals surface area contributed by atoms with E-state index in [-0.39, 0.29) is 0 Å². The first-order valence-corrected chi connectivity index (χ1v) is 12.6. The summed E-state index contributed by atoms with van der Waals surface area (Å²) in [6.45, 7) is 6.37. The fourth-order valence-electron chi connectivity index (χ4n) is 4.23. The van der Waals surface area contributed by atoms with Gasteiger partial charge >= 0.3 is 0 Å². The Kier molecular flexibility index (Phi) is 7.01. The van der Waals surface area contributed by atoms with E-state index < -0.39 is 0 Å². The molecule has 5 rings (SSSR count). The van der Waals surface area contributed by atoms with Crippen molar-refractivity contribution in [2.24, 2.45) is 9.98 Å². The summed E-state index contributed by atoms with van der Waals surface area (Å²) in [5.41, 5.74) is 6.80. The Hall–Kier alpha value is -4.08. The minimum atomic E-state index is 0.631. The topological polar surface area (TPSA) is 24.7 Å². The summed E-state index contributed by atoms with van der Waals surface area (Å²) in [5.74, 6) is 0.631. The highest BCUT2D eigenvalue weighted by atomic mass is 79.9. The minimum absolute atomic E-state index is 0.631. The van der Waals surface area contributed by atoms with Gasteiger partial charge in [-0.05, 0) is 52.6 Å². The number of benzene rings is 5. The van der Waals surface area contributed by atoms with Crippen molar-refractivity contribution in [2.75, 3.05) is 0 Å². The van der Waals surface area contributed by atoms with Gasteiger partial charge in [-0.3, -0.25) is 0 Å². The summed E-state index contributed by atoms with van der Waals surface area (Å²) in [5, 5.41) is 2.29. The highest BCUT2D eigenvalue weighted by Gasteiger charge is 2.10. The van der Waals surface area contributed by atoms with Crippen molar-refractivity contribution in [3.05, 3.63) is 149 Å². The van der Waals surface area contributed by atoms with Crippen molar-refractivity contribution in [1.29, 1.82) is 0 Å². The number of halogens is 1. The van der Waals surface area contributed by atoms with E-state index in [1.165, 1.54) is 0 Å². The molecule has 0 aromatic heterocycles. The van der Waals surface area contributed by atoms with E-state index in [4.69, 9.17) is 9.98 Å². The summed E-state index contributed by atoms with van der Waals surface area (Å²) in [6.07, 6.45) is 0. The Morgan fingerprint density at radius 3 is 2.08 bits per heavy atom. The maximum absolute atomic E-state index is 5.01. The molecule has 36 heavy (non-hydrogen) atoms. The molecule has 0 aliphatic carbocycles. The minimum Gasteiger partial charge on any atom is -0.233 e. The van der Waals surface area contributed by atoms with Crippen LogP contribution in [0.1, 0.15) is 23.6 Å². The third-order valence-corrected chi connectivity index (χ3v) is 6.58. The summed E-state index contributed by atoms with van der Waals surface area (Å²) >= 11 is 3.59. The number of rotatable bonds is 5. The highest BCUT2D eigenvalue weighted by molar-refractivity contribution is 9.10. The molecule has 0 aliphatic heterocycles. The first-order chi connectivity index (χ1) is 17.6. The summed E-state index contributed by atoms with van der Waals surface area (Å²) in [4.78, 5) is 10.0. The second kappa shape index (κ2) is 10.7. The monoisotopic (exact) mass is 528 g/mol. The van der Waals surface area contributed by atoms with E-state index >= 15 is 0 Å². The molecule has 5 aromatic rings. The van der Waals surface area contributed by atoms with Gasteiger partial charge in [-0.15, -0.1) is 0 Å². The molecular weight excluding hydrogens is 504 g/mol. The maximum atomic E-state index is 5.01. The van der Waals surface area contributed by atoms with Crippen LogP contribution in [0.3, 0.4) is 0 Å². The first kappa shape index (κ1) is 23.7. The maximum Gasteiger partial charge on any atom is 0.160 e. The molecule has 0 radical (unpaired) electrons. The van der Waals surface area contributed by atoms with Gasteiger partial charge in [0.1, 0.15) is 0 Å². The van der Waals surface area contributed by atoms with E-state index in [1.54, 1.807) is 0 Å². The van der Waals surface area contributed by atoms with Crippen LogP contribution in [0.25, 0.3) is 27.6 Å². The molecule has 0 spiro atoms. The van der Waals surface area contributed by atoms with Gasteiger partial charge in [0.05, 0.1) is 5.70 Å². The zero-order chi connectivity index (χ0) is 24.9. The second-order valence-electron chi connectivity index (χ2n) is 8.56. The smallest absolute Gasteiger partial charge is 0.160 e. The zero-order valence-electron chi connectivity index (χ0n) is 20.0. The normalized spacial score (nSPS) is 12.1. The van der Waals surface area contributed by atoms with E-state index in [2.05, 4.69) is 95.3 Å². The molecule has 0 heterocycles. The Morgan fingerprint density at radius 1 is 0.639 bits per heavy atom.